The third kappa shape index (κ3) is 3.36. The summed E-state index contributed by atoms with van der Waals surface area (Å²) in [5, 5.41) is 11.0. The van der Waals surface area contributed by atoms with Crippen molar-refractivity contribution in [3.63, 3.8) is 0 Å². The van der Waals surface area contributed by atoms with E-state index in [1.54, 1.807) is 11.1 Å². The fraction of sp³-hybridized carbons (Fsp3) is 0.227. The van der Waals surface area contributed by atoms with Gasteiger partial charge in [0.25, 0.3) is 11.7 Å². The number of ether oxygens (including phenoxy) is 1. The van der Waals surface area contributed by atoms with Crippen LogP contribution in [0.1, 0.15) is 10.4 Å². The lowest BCUT2D eigenvalue weighted by Crippen LogP contribution is -2.51. The van der Waals surface area contributed by atoms with E-state index >= 15 is 0 Å². The second-order valence-corrected chi connectivity index (χ2v) is 8.18. The molecule has 1 fully saturated rings. The van der Waals surface area contributed by atoms with E-state index < -0.39 is 11.7 Å². The van der Waals surface area contributed by atoms with E-state index in [2.05, 4.69) is 41.0 Å². The molecule has 1 N–H and O–H groups in total. The molecule has 5 rings (SSSR count). The van der Waals surface area contributed by atoms with Gasteiger partial charge in [-0.05, 0) is 15.9 Å². The monoisotopic (exact) mass is 494 g/mol. The minimum Gasteiger partial charge on any atom is -0.494 e. The predicted octanol–water partition coefficient (Wildman–Crippen LogP) is 2.81. The highest BCUT2D eigenvalue weighted by Crippen LogP contribution is 2.32. The molecule has 0 bridgehead atoms. The normalized spacial score (nSPS) is 14.2. The summed E-state index contributed by atoms with van der Waals surface area (Å²) < 4.78 is 5.90. The van der Waals surface area contributed by atoms with Crippen LogP contribution in [-0.2, 0) is 4.79 Å². The third-order valence-corrected chi connectivity index (χ3v) is 6.31. The summed E-state index contributed by atoms with van der Waals surface area (Å²) in [7, 11) is 1.50. The van der Waals surface area contributed by atoms with Gasteiger partial charge < -0.3 is 19.5 Å². The molecule has 1 saturated heterocycles. The molecule has 162 valence electrons. The van der Waals surface area contributed by atoms with E-state index in [1.165, 1.54) is 19.5 Å². The summed E-state index contributed by atoms with van der Waals surface area (Å²) in [6.45, 7) is 1.96. The lowest BCUT2D eigenvalue weighted by molar-refractivity contribution is -0.126. The number of aromatic amines is 1. The second kappa shape index (κ2) is 8.19. The molecular formula is C22H19BrN6O3. The number of pyridine rings is 1. The molecular weight excluding hydrogens is 476 g/mol. The number of amides is 1. The number of hydrogen-bond donors (Lipinski definition) is 1. The highest BCUT2D eigenvalue weighted by molar-refractivity contribution is 9.10. The Morgan fingerprint density at radius 1 is 1.12 bits per heavy atom. The Balaban J connectivity index is 1.35. The molecule has 4 heterocycles. The van der Waals surface area contributed by atoms with Crippen LogP contribution in [0.15, 0.2) is 47.5 Å². The SMILES string of the molecule is COc1cnc(Br)c2[nH]cc(C(=O)C(=O)N3CCN(c4nncc5ccccc45)CC3)c12. The van der Waals surface area contributed by atoms with E-state index in [0.29, 0.717) is 47.4 Å². The van der Waals surface area contributed by atoms with Crippen molar-refractivity contribution in [1.82, 2.24) is 25.1 Å². The summed E-state index contributed by atoms with van der Waals surface area (Å²) in [5.74, 6) is 0.107. The number of H-pyrrole nitrogens is 1. The Labute approximate surface area is 191 Å². The number of Topliss-reactive ketones (excluding diaryl/α,β-unsaturated/α-hetero) is 1. The van der Waals surface area contributed by atoms with Gasteiger partial charge >= 0.3 is 0 Å². The van der Waals surface area contributed by atoms with Crippen LogP contribution >= 0.6 is 15.9 Å². The standard InChI is InChI=1S/C22H19BrN6O3/c1-32-16-12-25-20(23)18-17(16)15(11-24-18)19(30)22(31)29-8-6-28(7-9-29)21-14-5-3-2-4-13(14)10-26-27-21/h2-5,10-12,24H,6-9H2,1H3. The van der Waals surface area contributed by atoms with Crippen LogP contribution in [0.2, 0.25) is 0 Å². The summed E-state index contributed by atoms with van der Waals surface area (Å²) >= 11 is 3.36. The Kier molecular flexibility index (Phi) is 5.22. The minimum absolute atomic E-state index is 0.271. The van der Waals surface area contributed by atoms with E-state index in [0.717, 1.165) is 16.6 Å². The lowest BCUT2D eigenvalue weighted by Gasteiger charge is -2.35. The number of ketones is 1. The summed E-state index contributed by atoms with van der Waals surface area (Å²) in [4.78, 5) is 37.0. The zero-order valence-electron chi connectivity index (χ0n) is 17.2. The second-order valence-electron chi connectivity index (χ2n) is 7.43. The molecule has 1 aliphatic heterocycles. The number of carbonyl (C=O) groups excluding carboxylic acids is 2. The van der Waals surface area contributed by atoms with Gasteiger partial charge in [0.2, 0.25) is 0 Å². The number of aromatic nitrogens is 4. The number of methoxy groups -OCH3 is 1. The lowest BCUT2D eigenvalue weighted by atomic mass is 10.1. The van der Waals surface area contributed by atoms with E-state index in [1.807, 2.05) is 24.3 Å². The van der Waals surface area contributed by atoms with Crippen LogP contribution in [0.5, 0.6) is 5.75 Å². The van der Waals surface area contributed by atoms with Crippen molar-refractivity contribution in [2.75, 3.05) is 38.2 Å². The van der Waals surface area contributed by atoms with Gasteiger partial charge in [0.1, 0.15) is 10.4 Å². The zero-order valence-corrected chi connectivity index (χ0v) is 18.8. The first-order valence-electron chi connectivity index (χ1n) is 10.1. The molecule has 32 heavy (non-hydrogen) atoms. The first kappa shape index (κ1) is 20.4. The average Bonchev–Trinajstić information content (AvgIpc) is 3.29. The first-order valence-corrected chi connectivity index (χ1v) is 10.9. The Hall–Kier alpha value is -3.53. The number of hydrogen-bond acceptors (Lipinski definition) is 7. The number of fused-ring (bicyclic) bond motifs is 2. The third-order valence-electron chi connectivity index (χ3n) is 5.70. The van der Waals surface area contributed by atoms with Crippen molar-refractivity contribution in [3.05, 3.63) is 53.0 Å². The van der Waals surface area contributed by atoms with Gasteiger partial charge in [-0.25, -0.2) is 4.98 Å². The summed E-state index contributed by atoms with van der Waals surface area (Å²) in [5.41, 5.74) is 0.882. The Bertz CT molecular complexity index is 1340. The number of benzene rings is 1. The van der Waals surface area contributed by atoms with Crippen molar-refractivity contribution in [1.29, 1.82) is 0 Å². The van der Waals surface area contributed by atoms with Gasteiger partial charge in [-0.15, -0.1) is 5.10 Å². The van der Waals surface area contributed by atoms with Crippen molar-refractivity contribution < 1.29 is 14.3 Å². The van der Waals surface area contributed by atoms with E-state index in [9.17, 15) is 9.59 Å². The molecule has 3 aromatic heterocycles. The highest BCUT2D eigenvalue weighted by atomic mass is 79.9. The molecule has 1 amide bonds. The number of piperazine rings is 1. The highest BCUT2D eigenvalue weighted by Gasteiger charge is 2.30. The number of halogens is 1. The van der Waals surface area contributed by atoms with Crippen molar-refractivity contribution in [2.24, 2.45) is 0 Å². The van der Waals surface area contributed by atoms with Crippen molar-refractivity contribution >= 4 is 55.1 Å². The molecule has 4 aromatic rings. The van der Waals surface area contributed by atoms with Crippen LogP contribution in [0, 0.1) is 0 Å². The fourth-order valence-corrected chi connectivity index (χ4v) is 4.46. The minimum atomic E-state index is -0.578. The number of anilines is 1. The van der Waals surface area contributed by atoms with Crippen LogP contribution in [0.25, 0.3) is 21.7 Å². The molecule has 1 aromatic carbocycles. The van der Waals surface area contributed by atoms with Gasteiger partial charge in [-0.2, -0.15) is 5.10 Å². The van der Waals surface area contributed by atoms with Gasteiger partial charge in [0.15, 0.2) is 5.82 Å². The number of nitrogens with one attached hydrogen (secondary N) is 1. The first-order chi connectivity index (χ1) is 15.6. The van der Waals surface area contributed by atoms with Crippen molar-refractivity contribution in [2.45, 2.75) is 0 Å². The summed E-state index contributed by atoms with van der Waals surface area (Å²) in [6.07, 6.45) is 4.79. The van der Waals surface area contributed by atoms with Crippen LogP contribution < -0.4 is 9.64 Å². The van der Waals surface area contributed by atoms with Gasteiger partial charge in [-0.3, -0.25) is 9.59 Å². The average molecular weight is 495 g/mol. The molecule has 0 saturated carbocycles. The molecule has 1 aliphatic rings. The van der Waals surface area contributed by atoms with Crippen molar-refractivity contribution in [3.8, 4) is 5.75 Å². The Morgan fingerprint density at radius 2 is 1.91 bits per heavy atom. The zero-order chi connectivity index (χ0) is 22.2. The van der Waals surface area contributed by atoms with Gasteiger partial charge in [0.05, 0.1) is 36.0 Å². The van der Waals surface area contributed by atoms with Crippen LogP contribution in [0.3, 0.4) is 0 Å². The van der Waals surface area contributed by atoms with Gasteiger partial charge in [-0.1, -0.05) is 24.3 Å². The molecule has 0 spiro atoms. The maximum atomic E-state index is 13.1. The number of rotatable bonds is 4. The fourth-order valence-electron chi connectivity index (χ4n) is 4.05. The number of nitrogens with zero attached hydrogens (tertiary/aromatic N) is 5. The van der Waals surface area contributed by atoms with E-state index in [-0.39, 0.29) is 5.56 Å². The van der Waals surface area contributed by atoms with Crippen LogP contribution in [-0.4, -0.2) is 70.0 Å². The molecule has 0 unspecified atom stereocenters. The number of carbonyl (C=O) groups is 2. The topological polar surface area (TPSA) is 104 Å². The predicted molar refractivity (Wildman–Crippen MR) is 123 cm³/mol. The Morgan fingerprint density at radius 3 is 2.69 bits per heavy atom. The smallest absolute Gasteiger partial charge is 0.295 e. The summed E-state index contributed by atoms with van der Waals surface area (Å²) in [6, 6.07) is 7.94. The largest absolute Gasteiger partial charge is 0.494 e. The quantitative estimate of drug-likeness (QED) is 0.264. The maximum Gasteiger partial charge on any atom is 0.295 e. The molecule has 9 nitrogen and oxygen atoms in total. The maximum absolute atomic E-state index is 13.1. The molecule has 0 atom stereocenters. The van der Waals surface area contributed by atoms with E-state index in [4.69, 9.17) is 4.74 Å². The van der Waals surface area contributed by atoms with Crippen LogP contribution in [0.4, 0.5) is 5.82 Å². The molecule has 0 aliphatic carbocycles. The molecule has 10 heteroatoms. The van der Waals surface area contributed by atoms with Gasteiger partial charge in [0, 0.05) is 43.1 Å². The molecule has 0 radical (unpaired) electrons.